The summed E-state index contributed by atoms with van der Waals surface area (Å²) >= 11 is 0. The van der Waals surface area contributed by atoms with Gasteiger partial charge in [0.25, 0.3) is 0 Å². The topological polar surface area (TPSA) is 24.7 Å². The quantitative estimate of drug-likeness (QED) is 0.170. The molecule has 0 aliphatic heterocycles. The van der Waals surface area contributed by atoms with Crippen molar-refractivity contribution in [1.82, 2.24) is 0 Å². The van der Waals surface area contributed by atoms with E-state index >= 15 is 0 Å². The smallest absolute Gasteiger partial charge is 0.0636 e. The number of unbranched alkanes of at least 4 members (excludes halogenated alkanes) is 4. The number of benzene rings is 2. The second kappa shape index (κ2) is 17.7. The number of hydrogen-bond acceptors (Lipinski definition) is 2. The van der Waals surface area contributed by atoms with Crippen LogP contribution in [-0.2, 0) is 42.2 Å². The van der Waals surface area contributed by atoms with Gasteiger partial charge in [-0.3, -0.25) is 9.98 Å². The first-order valence-electron chi connectivity index (χ1n) is 13.4. The molecule has 190 valence electrons. The minimum Gasteiger partial charge on any atom is -0.255 e. The maximum absolute atomic E-state index is 4.86. The number of aliphatic imine (C=N–C) groups is 2. The van der Waals surface area contributed by atoms with Crippen LogP contribution in [0, 0.1) is 0 Å². The van der Waals surface area contributed by atoms with E-state index in [1.165, 1.54) is 86.5 Å². The summed E-state index contributed by atoms with van der Waals surface area (Å²) in [6, 6.07) is 13.5. The average molecular weight is 505 g/mol. The average Bonchev–Trinajstić information content (AvgIpc) is 2.83. The van der Waals surface area contributed by atoms with Crippen molar-refractivity contribution in [2.45, 2.75) is 112 Å². The van der Waals surface area contributed by atoms with E-state index < -0.39 is 0 Å². The molecule has 2 aromatic rings. The molecule has 0 spiro atoms. The van der Waals surface area contributed by atoms with Crippen LogP contribution in [0.25, 0.3) is 0 Å². The van der Waals surface area contributed by atoms with E-state index in [4.69, 9.17) is 9.98 Å². The summed E-state index contributed by atoms with van der Waals surface area (Å²) in [6.07, 6.45) is 16.5. The minimum atomic E-state index is 0. The predicted octanol–water partition coefficient (Wildman–Crippen LogP) is 9.55. The van der Waals surface area contributed by atoms with Gasteiger partial charge < -0.3 is 0 Å². The molecule has 0 bridgehead atoms. The summed E-state index contributed by atoms with van der Waals surface area (Å²) in [5.41, 5.74) is 8.97. The van der Waals surface area contributed by atoms with Crippen LogP contribution in [-0.4, -0.2) is 11.9 Å². The van der Waals surface area contributed by atoms with E-state index in [0.29, 0.717) is 0 Å². The van der Waals surface area contributed by atoms with Gasteiger partial charge >= 0.3 is 0 Å². The largest absolute Gasteiger partial charge is 0.255 e. The number of nitrogens with zero attached hydrogens (tertiary/aromatic N) is 2. The minimum absolute atomic E-state index is 0. The fraction of sp³-hybridized carbons (Fsp3) is 0.548. The zero-order valence-corrected chi connectivity index (χ0v) is 23.2. The second-order valence-electron chi connectivity index (χ2n) is 9.33. The molecular weight excluding hydrogens is 459 g/mol. The molecule has 0 saturated carbocycles. The fourth-order valence-electron chi connectivity index (χ4n) is 4.20. The molecule has 3 heteroatoms. The third-order valence-corrected chi connectivity index (χ3v) is 6.28. The number of rotatable bonds is 15. The summed E-state index contributed by atoms with van der Waals surface area (Å²) < 4.78 is 0. The molecule has 34 heavy (non-hydrogen) atoms. The van der Waals surface area contributed by atoms with Gasteiger partial charge in [-0.25, -0.2) is 0 Å². The SMILES string of the molecule is CCCCc1ccc(N=CC(C)=Nc2ccc(CCCC)c(CCCC)c2)cc1CCCC.[Ni]. The standard InChI is InChI=1S/C31H46N2.Ni/c1-6-10-14-26-18-20-30(22-28(26)16-12-8-3)32-24-25(5)33-31-21-19-27(15-11-7-2)29(23-31)17-13-9-4;/h18-24H,6-17H2,1-5H3;. The van der Waals surface area contributed by atoms with E-state index in [1.807, 2.05) is 13.1 Å². The van der Waals surface area contributed by atoms with Gasteiger partial charge in [-0.2, -0.15) is 0 Å². The van der Waals surface area contributed by atoms with E-state index in [9.17, 15) is 0 Å². The Morgan fingerprint density at radius 1 is 0.618 bits per heavy atom. The first-order valence-corrected chi connectivity index (χ1v) is 13.4. The van der Waals surface area contributed by atoms with Gasteiger partial charge in [0.2, 0.25) is 0 Å². The van der Waals surface area contributed by atoms with Crippen molar-refractivity contribution in [2.75, 3.05) is 0 Å². The van der Waals surface area contributed by atoms with Gasteiger partial charge in [0, 0.05) is 22.7 Å². The second-order valence-corrected chi connectivity index (χ2v) is 9.33. The van der Waals surface area contributed by atoms with E-state index in [2.05, 4.69) is 64.1 Å². The van der Waals surface area contributed by atoms with Gasteiger partial charge in [0.05, 0.1) is 17.1 Å². The fourth-order valence-corrected chi connectivity index (χ4v) is 4.20. The number of hydrogen-bond donors (Lipinski definition) is 0. The molecule has 0 N–H and O–H groups in total. The van der Waals surface area contributed by atoms with E-state index in [-0.39, 0.29) is 16.5 Å². The van der Waals surface area contributed by atoms with Crippen LogP contribution in [0.2, 0.25) is 0 Å². The Labute approximate surface area is 219 Å². The zero-order chi connectivity index (χ0) is 23.9. The predicted molar refractivity (Wildman–Crippen MR) is 148 cm³/mol. The molecular formula is C31H46N2Ni. The normalized spacial score (nSPS) is 11.7. The maximum Gasteiger partial charge on any atom is 0.0636 e. The Balaban J connectivity index is 0.00000578. The van der Waals surface area contributed by atoms with Crippen LogP contribution in [0.4, 0.5) is 11.4 Å². The van der Waals surface area contributed by atoms with E-state index in [0.717, 1.165) is 29.9 Å². The molecule has 0 radical (unpaired) electrons. The van der Waals surface area contributed by atoms with Crippen molar-refractivity contribution in [1.29, 1.82) is 0 Å². The first kappa shape index (κ1) is 30.3. The van der Waals surface area contributed by atoms with Crippen molar-refractivity contribution in [3.05, 3.63) is 58.7 Å². The Morgan fingerprint density at radius 2 is 1.03 bits per heavy atom. The van der Waals surface area contributed by atoms with Gasteiger partial charge in [-0.15, -0.1) is 0 Å². The Morgan fingerprint density at radius 3 is 1.50 bits per heavy atom. The summed E-state index contributed by atoms with van der Waals surface area (Å²) in [6.45, 7) is 11.1. The van der Waals surface area contributed by atoms with Crippen molar-refractivity contribution in [3.63, 3.8) is 0 Å². The summed E-state index contributed by atoms with van der Waals surface area (Å²) in [4.78, 5) is 9.63. The molecule has 2 aromatic carbocycles. The van der Waals surface area contributed by atoms with E-state index in [1.54, 1.807) is 0 Å². The van der Waals surface area contributed by atoms with Gasteiger partial charge in [0.1, 0.15) is 0 Å². The molecule has 2 nitrogen and oxygen atoms in total. The molecule has 0 unspecified atom stereocenters. The summed E-state index contributed by atoms with van der Waals surface area (Å²) in [5.74, 6) is 0. The number of aryl methyl sites for hydroxylation is 4. The van der Waals surface area contributed by atoms with Crippen molar-refractivity contribution >= 4 is 23.3 Å². The van der Waals surface area contributed by atoms with Crippen LogP contribution < -0.4 is 0 Å². The summed E-state index contributed by atoms with van der Waals surface area (Å²) in [7, 11) is 0. The van der Waals surface area contributed by atoms with Crippen LogP contribution >= 0.6 is 0 Å². The summed E-state index contributed by atoms with van der Waals surface area (Å²) in [5, 5.41) is 0. The molecule has 0 amide bonds. The van der Waals surface area contributed by atoms with Crippen LogP contribution in [0.3, 0.4) is 0 Å². The molecule has 0 fully saturated rings. The first-order chi connectivity index (χ1) is 16.1. The van der Waals surface area contributed by atoms with Crippen LogP contribution in [0.1, 0.15) is 108 Å². The van der Waals surface area contributed by atoms with Gasteiger partial charge in [-0.05, 0) is 105 Å². The third kappa shape index (κ3) is 10.7. The Hall–Kier alpha value is -1.73. The molecule has 0 heterocycles. The molecule has 0 aromatic heterocycles. The Kier molecular flexibility index (Phi) is 15.8. The molecule has 2 rings (SSSR count). The molecule has 0 aliphatic carbocycles. The molecule has 0 atom stereocenters. The monoisotopic (exact) mass is 504 g/mol. The molecule has 0 saturated heterocycles. The van der Waals surface area contributed by atoms with Crippen molar-refractivity contribution < 1.29 is 16.5 Å². The van der Waals surface area contributed by atoms with Crippen molar-refractivity contribution in [2.24, 2.45) is 9.98 Å². The van der Waals surface area contributed by atoms with Crippen LogP contribution in [0.15, 0.2) is 46.4 Å². The zero-order valence-electron chi connectivity index (χ0n) is 22.2. The maximum atomic E-state index is 4.86. The molecule has 0 aliphatic rings. The van der Waals surface area contributed by atoms with Gasteiger partial charge in [-0.1, -0.05) is 65.5 Å². The van der Waals surface area contributed by atoms with Crippen molar-refractivity contribution in [3.8, 4) is 0 Å². The third-order valence-electron chi connectivity index (χ3n) is 6.28. The van der Waals surface area contributed by atoms with Gasteiger partial charge in [0.15, 0.2) is 0 Å². The van der Waals surface area contributed by atoms with Crippen LogP contribution in [0.5, 0.6) is 0 Å². The Bertz CT molecular complexity index is 898.